The zero-order chi connectivity index (χ0) is 16.7. The van der Waals surface area contributed by atoms with Gasteiger partial charge in [-0.15, -0.1) is 0 Å². The normalized spacial score (nSPS) is 10.6. The van der Waals surface area contributed by atoms with Gasteiger partial charge in [-0.05, 0) is 37.8 Å². The Balaban J connectivity index is 2.15. The average Bonchev–Trinajstić information content (AvgIpc) is 2.53. The van der Waals surface area contributed by atoms with E-state index in [-0.39, 0.29) is 0 Å². The average molecular weight is 312 g/mol. The van der Waals surface area contributed by atoms with Gasteiger partial charge in [-0.2, -0.15) is 4.98 Å². The van der Waals surface area contributed by atoms with E-state index in [2.05, 4.69) is 59.6 Å². The van der Waals surface area contributed by atoms with Gasteiger partial charge in [0, 0.05) is 24.0 Å². The van der Waals surface area contributed by atoms with E-state index in [9.17, 15) is 0 Å². The molecule has 0 saturated heterocycles. The number of rotatable bonds is 8. The second-order valence-electron chi connectivity index (χ2n) is 5.94. The van der Waals surface area contributed by atoms with Gasteiger partial charge in [0.05, 0.1) is 0 Å². The summed E-state index contributed by atoms with van der Waals surface area (Å²) in [7, 11) is 0. The van der Waals surface area contributed by atoms with E-state index in [1.165, 1.54) is 24.0 Å². The summed E-state index contributed by atoms with van der Waals surface area (Å²) >= 11 is 0. The molecule has 0 spiro atoms. The topological polar surface area (TPSA) is 49.8 Å². The molecule has 0 bridgehead atoms. The van der Waals surface area contributed by atoms with Gasteiger partial charge < -0.3 is 10.6 Å². The molecule has 0 amide bonds. The van der Waals surface area contributed by atoms with Gasteiger partial charge in [0.1, 0.15) is 5.82 Å². The van der Waals surface area contributed by atoms with Crippen LogP contribution < -0.4 is 10.6 Å². The van der Waals surface area contributed by atoms with Crippen LogP contribution in [0.2, 0.25) is 0 Å². The molecule has 4 heteroatoms. The van der Waals surface area contributed by atoms with Crippen LogP contribution >= 0.6 is 0 Å². The Hall–Kier alpha value is -2.10. The predicted molar refractivity (Wildman–Crippen MR) is 98.6 cm³/mol. The molecule has 2 N–H and O–H groups in total. The first-order valence-corrected chi connectivity index (χ1v) is 8.59. The predicted octanol–water partition coefficient (Wildman–Crippen LogP) is 5.00. The lowest BCUT2D eigenvalue weighted by molar-refractivity contribution is 0.740. The minimum Gasteiger partial charge on any atom is -0.354 e. The van der Waals surface area contributed by atoms with Crippen molar-refractivity contribution in [2.24, 2.45) is 0 Å². The smallest absolute Gasteiger partial charge is 0.224 e. The highest BCUT2D eigenvalue weighted by atomic mass is 15.1. The number of aryl methyl sites for hydroxylation is 3. The third kappa shape index (κ3) is 4.95. The maximum absolute atomic E-state index is 4.61. The molecular formula is C19H28N4. The Kier molecular flexibility index (Phi) is 6.39. The van der Waals surface area contributed by atoms with Gasteiger partial charge in [-0.1, -0.05) is 44.9 Å². The molecule has 1 aromatic carbocycles. The number of benzene rings is 1. The molecule has 0 radical (unpaired) electrons. The van der Waals surface area contributed by atoms with Crippen LogP contribution in [0, 0.1) is 13.8 Å². The van der Waals surface area contributed by atoms with Crippen molar-refractivity contribution in [1.29, 1.82) is 0 Å². The van der Waals surface area contributed by atoms with Crippen molar-refractivity contribution in [1.82, 2.24) is 9.97 Å². The van der Waals surface area contributed by atoms with Gasteiger partial charge in [-0.25, -0.2) is 4.98 Å². The summed E-state index contributed by atoms with van der Waals surface area (Å²) < 4.78 is 0. The highest BCUT2D eigenvalue weighted by Crippen LogP contribution is 2.25. The quantitative estimate of drug-likeness (QED) is 0.673. The second kappa shape index (κ2) is 8.51. The summed E-state index contributed by atoms with van der Waals surface area (Å²) in [5.41, 5.74) is 4.66. The van der Waals surface area contributed by atoms with Crippen molar-refractivity contribution >= 4 is 17.5 Å². The zero-order valence-corrected chi connectivity index (χ0v) is 14.7. The molecule has 124 valence electrons. The molecule has 0 aliphatic rings. The van der Waals surface area contributed by atoms with E-state index in [1.807, 2.05) is 13.0 Å². The molecule has 0 unspecified atom stereocenters. The van der Waals surface area contributed by atoms with Crippen LogP contribution in [0.1, 0.15) is 49.9 Å². The first kappa shape index (κ1) is 17.3. The zero-order valence-electron chi connectivity index (χ0n) is 14.7. The van der Waals surface area contributed by atoms with Crippen molar-refractivity contribution in [2.75, 3.05) is 17.2 Å². The van der Waals surface area contributed by atoms with Crippen molar-refractivity contribution in [3.05, 3.63) is 41.1 Å². The van der Waals surface area contributed by atoms with Crippen LogP contribution in [0.4, 0.5) is 17.5 Å². The molecule has 2 aromatic rings. The number of para-hydroxylation sites is 1. The second-order valence-corrected chi connectivity index (χ2v) is 5.94. The van der Waals surface area contributed by atoms with Gasteiger partial charge in [0.15, 0.2) is 0 Å². The summed E-state index contributed by atoms with van der Waals surface area (Å²) in [6.45, 7) is 9.42. The van der Waals surface area contributed by atoms with Gasteiger partial charge in [0.2, 0.25) is 5.95 Å². The Bertz CT molecular complexity index is 637. The van der Waals surface area contributed by atoms with Crippen molar-refractivity contribution < 1.29 is 0 Å². The molecule has 0 fully saturated rings. The highest BCUT2D eigenvalue weighted by molar-refractivity contribution is 5.65. The molecule has 0 saturated carbocycles. The lowest BCUT2D eigenvalue weighted by atomic mass is 10.1. The fraction of sp³-hybridized carbons (Fsp3) is 0.474. The number of hydrogen-bond donors (Lipinski definition) is 2. The monoisotopic (exact) mass is 312 g/mol. The Labute approximate surface area is 139 Å². The molecule has 0 aliphatic heterocycles. The molecule has 2 rings (SSSR count). The van der Waals surface area contributed by atoms with Crippen LogP contribution in [-0.2, 0) is 6.42 Å². The SMILES string of the molecule is CCCCCNc1nc(C)cc(Nc2c(C)cccc2CC)n1. The minimum atomic E-state index is 0.704. The molecule has 1 aromatic heterocycles. The lowest BCUT2D eigenvalue weighted by Gasteiger charge is -2.14. The number of anilines is 3. The number of nitrogens with zero attached hydrogens (tertiary/aromatic N) is 2. The molecule has 23 heavy (non-hydrogen) atoms. The summed E-state index contributed by atoms with van der Waals surface area (Å²) in [6.07, 6.45) is 4.59. The fourth-order valence-corrected chi connectivity index (χ4v) is 2.62. The van der Waals surface area contributed by atoms with Gasteiger partial charge in [-0.3, -0.25) is 0 Å². The van der Waals surface area contributed by atoms with Gasteiger partial charge in [0.25, 0.3) is 0 Å². The largest absolute Gasteiger partial charge is 0.354 e. The van der Waals surface area contributed by atoms with E-state index >= 15 is 0 Å². The van der Waals surface area contributed by atoms with Crippen LogP contribution in [-0.4, -0.2) is 16.5 Å². The van der Waals surface area contributed by atoms with E-state index in [0.717, 1.165) is 36.6 Å². The maximum atomic E-state index is 4.61. The Morgan fingerprint density at radius 1 is 1.04 bits per heavy atom. The minimum absolute atomic E-state index is 0.704. The molecule has 1 heterocycles. The van der Waals surface area contributed by atoms with Crippen LogP contribution in [0.15, 0.2) is 24.3 Å². The van der Waals surface area contributed by atoms with E-state index in [1.54, 1.807) is 0 Å². The Morgan fingerprint density at radius 3 is 2.61 bits per heavy atom. The van der Waals surface area contributed by atoms with Crippen LogP contribution in [0.3, 0.4) is 0 Å². The summed E-state index contributed by atoms with van der Waals surface area (Å²) in [5, 5.41) is 6.81. The maximum Gasteiger partial charge on any atom is 0.224 e. The van der Waals surface area contributed by atoms with Crippen LogP contribution in [0.5, 0.6) is 0 Å². The molecule has 0 atom stereocenters. The Morgan fingerprint density at radius 2 is 1.87 bits per heavy atom. The highest BCUT2D eigenvalue weighted by Gasteiger charge is 2.07. The number of unbranched alkanes of at least 4 members (excludes halogenated alkanes) is 2. The first-order chi connectivity index (χ1) is 11.1. The number of hydrogen-bond acceptors (Lipinski definition) is 4. The fourth-order valence-electron chi connectivity index (χ4n) is 2.62. The summed E-state index contributed by atoms with van der Waals surface area (Å²) in [5.74, 6) is 1.55. The summed E-state index contributed by atoms with van der Waals surface area (Å²) in [4.78, 5) is 9.09. The first-order valence-electron chi connectivity index (χ1n) is 8.59. The third-order valence-corrected chi connectivity index (χ3v) is 3.91. The van der Waals surface area contributed by atoms with Gasteiger partial charge >= 0.3 is 0 Å². The number of aromatic nitrogens is 2. The lowest BCUT2D eigenvalue weighted by Crippen LogP contribution is -2.08. The van der Waals surface area contributed by atoms with Crippen molar-refractivity contribution in [3.63, 3.8) is 0 Å². The molecule has 4 nitrogen and oxygen atoms in total. The number of nitrogens with one attached hydrogen (secondary N) is 2. The van der Waals surface area contributed by atoms with Crippen molar-refractivity contribution in [2.45, 2.75) is 53.4 Å². The molecule has 0 aliphatic carbocycles. The standard InChI is InChI=1S/C19H28N4/c1-5-7-8-12-20-19-21-15(4)13-17(23-19)22-18-14(3)10-9-11-16(18)6-2/h9-11,13H,5-8,12H2,1-4H3,(H2,20,21,22,23). The van der Waals surface area contributed by atoms with Crippen LogP contribution in [0.25, 0.3) is 0 Å². The van der Waals surface area contributed by atoms with E-state index in [0.29, 0.717) is 5.95 Å². The summed E-state index contributed by atoms with van der Waals surface area (Å²) in [6, 6.07) is 8.38. The molecular weight excluding hydrogens is 284 g/mol. The third-order valence-electron chi connectivity index (χ3n) is 3.91. The van der Waals surface area contributed by atoms with E-state index < -0.39 is 0 Å². The van der Waals surface area contributed by atoms with Crippen molar-refractivity contribution in [3.8, 4) is 0 Å². The van der Waals surface area contributed by atoms with E-state index in [4.69, 9.17) is 0 Å².